The maximum atomic E-state index is 11.9. The Morgan fingerprint density at radius 2 is 2.11 bits per heavy atom. The van der Waals surface area contributed by atoms with Gasteiger partial charge in [-0.2, -0.15) is 0 Å². The Morgan fingerprint density at radius 3 is 2.78 bits per heavy atom. The lowest BCUT2D eigenvalue weighted by atomic mass is 10.0. The second-order valence-corrected chi connectivity index (χ2v) is 5.59. The molecule has 4 heteroatoms. The first-order valence-corrected chi connectivity index (χ1v) is 7.30. The van der Waals surface area contributed by atoms with Crippen LogP contribution in [0, 0.1) is 0 Å². The van der Waals surface area contributed by atoms with Crippen molar-refractivity contribution in [2.75, 3.05) is 13.1 Å². The molecule has 1 atom stereocenters. The fraction of sp³-hybridized carbons (Fsp3) is 0.500. The highest BCUT2D eigenvalue weighted by atomic mass is 79.9. The molecule has 1 heterocycles. The molecule has 2 rings (SSSR count). The predicted molar refractivity (Wildman–Crippen MR) is 76.5 cm³/mol. The van der Waals surface area contributed by atoms with Crippen LogP contribution < -0.4 is 10.6 Å². The molecule has 1 aromatic rings. The number of piperidine rings is 1. The van der Waals surface area contributed by atoms with Gasteiger partial charge in [0.1, 0.15) is 0 Å². The lowest BCUT2D eigenvalue weighted by Gasteiger charge is -2.22. The van der Waals surface area contributed by atoms with Crippen molar-refractivity contribution < 1.29 is 4.79 Å². The van der Waals surface area contributed by atoms with Crippen LogP contribution in [0.1, 0.15) is 24.8 Å². The summed E-state index contributed by atoms with van der Waals surface area (Å²) in [6, 6.07) is 8.23. The van der Waals surface area contributed by atoms with Crippen molar-refractivity contribution in [1.29, 1.82) is 0 Å². The highest BCUT2D eigenvalue weighted by Crippen LogP contribution is 2.11. The molecule has 0 aromatic heterocycles. The van der Waals surface area contributed by atoms with E-state index in [1.807, 2.05) is 12.1 Å². The van der Waals surface area contributed by atoms with Crippen molar-refractivity contribution in [3.63, 3.8) is 0 Å². The van der Waals surface area contributed by atoms with Gasteiger partial charge in [-0.3, -0.25) is 4.79 Å². The van der Waals surface area contributed by atoms with Gasteiger partial charge in [0.15, 0.2) is 0 Å². The zero-order valence-electron chi connectivity index (χ0n) is 10.4. The molecule has 1 amide bonds. The molecular formula is C14H19BrN2O. The fourth-order valence-electron chi connectivity index (χ4n) is 2.18. The molecule has 0 aliphatic carbocycles. The Morgan fingerprint density at radius 1 is 1.33 bits per heavy atom. The van der Waals surface area contributed by atoms with E-state index in [-0.39, 0.29) is 11.9 Å². The monoisotopic (exact) mass is 310 g/mol. The Labute approximate surface area is 116 Å². The molecule has 1 saturated heterocycles. The molecule has 1 unspecified atom stereocenters. The van der Waals surface area contributed by atoms with E-state index in [2.05, 4.69) is 38.7 Å². The van der Waals surface area contributed by atoms with Crippen molar-refractivity contribution in [3.05, 3.63) is 34.3 Å². The van der Waals surface area contributed by atoms with E-state index in [0.29, 0.717) is 6.54 Å². The summed E-state index contributed by atoms with van der Waals surface area (Å²) >= 11 is 3.41. The maximum absolute atomic E-state index is 11.9. The summed E-state index contributed by atoms with van der Waals surface area (Å²) < 4.78 is 1.08. The zero-order valence-corrected chi connectivity index (χ0v) is 12.0. The smallest absolute Gasteiger partial charge is 0.237 e. The van der Waals surface area contributed by atoms with Crippen molar-refractivity contribution in [2.24, 2.45) is 0 Å². The summed E-state index contributed by atoms with van der Waals surface area (Å²) in [6.45, 7) is 1.67. The van der Waals surface area contributed by atoms with Crippen molar-refractivity contribution in [3.8, 4) is 0 Å². The summed E-state index contributed by atoms with van der Waals surface area (Å²) in [5.41, 5.74) is 1.25. The summed E-state index contributed by atoms with van der Waals surface area (Å²) in [5, 5.41) is 6.26. The third-order valence-electron chi connectivity index (χ3n) is 3.25. The van der Waals surface area contributed by atoms with Crippen molar-refractivity contribution in [2.45, 2.75) is 31.7 Å². The van der Waals surface area contributed by atoms with E-state index in [4.69, 9.17) is 0 Å². The second-order valence-electron chi connectivity index (χ2n) is 4.67. The molecule has 1 aliphatic heterocycles. The zero-order chi connectivity index (χ0) is 12.8. The van der Waals surface area contributed by atoms with Gasteiger partial charge >= 0.3 is 0 Å². The number of rotatable bonds is 4. The van der Waals surface area contributed by atoms with Gasteiger partial charge in [-0.25, -0.2) is 0 Å². The van der Waals surface area contributed by atoms with Gasteiger partial charge in [0.25, 0.3) is 0 Å². The number of hydrogen-bond donors (Lipinski definition) is 2. The summed E-state index contributed by atoms with van der Waals surface area (Å²) in [7, 11) is 0. The summed E-state index contributed by atoms with van der Waals surface area (Å²) in [5.74, 6) is 0.145. The normalized spacial score (nSPS) is 19.5. The standard InChI is InChI=1S/C14H19BrN2O/c15-12-6-4-11(5-7-12)8-10-17-14(18)13-3-1-2-9-16-13/h4-7,13,16H,1-3,8-10H2,(H,17,18). The number of halogens is 1. The van der Waals surface area contributed by atoms with Crippen LogP contribution in [0.3, 0.4) is 0 Å². The van der Waals surface area contributed by atoms with E-state index < -0.39 is 0 Å². The van der Waals surface area contributed by atoms with Crippen LogP contribution in [-0.2, 0) is 11.2 Å². The van der Waals surface area contributed by atoms with Crippen LogP contribution >= 0.6 is 15.9 Å². The predicted octanol–water partition coefficient (Wildman–Crippen LogP) is 2.25. The second kappa shape index (κ2) is 6.90. The molecular weight excluding hydrogens is 292 g/mol. The van der Waals surface area contributed by atoms with Gasteiger partial charge in [-0.15, -0.1) is 0 Å². The van der Waals surface area contributed by atoms with E-state index in [1.165, 1.54) is 12.0 Å². The number of nitrogens with one attached hydrogen (secondary N) is 2. The molecule has 0 radical (unpaired) electrons. The number of hydrogen-bond acceptors (Lipinski definition) is 2. The molecule has 1 aliphatic rings. The molecule has 1 aromatic carbocycles. The van der Waals surface area contributed by atoms with Gasteiger partial charge in [0.05, 0.1) is 6.04 Å². The quantitative estimate of drug-likeness (QED) is 0.895. The van der Waals surface area contributed by atoms with Crippen molar-refractivity contribution >= 4 is 21.8 Å². The van der Waals surface area contributed by atoms with Crippen LogP contribution in [0.25, 0.3) is 0 Å². The van der Waals surface area contributed by atoms with Crippen LogP contribution in [0.2, 0.25) is 0 Å². The van der Waals surface area contributed by atoms with E-state index >= 15 is 0 Å². The Bertz CT molecular complexity index is 385. The number of carbonyl (C=O) groups is 1. The van der Waals surface area contributed by atoms with Gasteiger partial charge in [0.2, 0.25) is 5.91 Å². The lowest BCUT2D eigenvalue weighted by Crippen LogP contribution is -2.47. The number of carbonyl (C=O) groups excluding carboxylic acids is 1. The van der Waals surface area contributed by atoms with Crippen LogP contribution in [0.4, 0.5) is 0 Å². The summed E-state index contributed by atoms with van der Waals surface area (Å²) in [4.78, 5) is 11.9. The third kappa shape index (κ3) is 4.10. The molecule has 0 spiro atoms. The lowest BCUT2D eigenvalue weighted by molar-refractivity contribution is -0.123. The largest absolute Gasteiger partial charge is 0.354 e. The van der Waals surface area contributed by atoms with E-state index in [0.717, 1.165) is 30.3 Å². The first-order valence-electron chi connectivity index (χ1n) is 6.51. The van der Waals surface area contributed by atoms with Crippen LogP contribution in [0.5, 0.6) is 0 Å². The summed E-state index contributed by atoms with van der Waals surface area (Å²) in [6.07, 6.45) is 4.18. The van der Waals surface area contributed by atoms with Gasteiger partial charge in [-0.05, 0) is 43.5 Å². The third-order valence-corrected chi connectivity index (χ3v) is 3.78. The average molecular weight is 311 g/mol. The highest BCUT2D eigenvalue weighted by molar-refractivity contribution is 9.10. The first-order chi connectivity index (χ1) is 8.75. The van der Waals surface area contributed by atoms with Gasteiger partial charge in [-0.1, -0.05) is 34.5 Å². The number of benzene rings is 1. The Hall–Kier alpha value is -0.870. The van der Waals surface area contributed by atoms with Crippen LogP contribution in [-0.4, -0.2) is 25.0 Å². The molecule has 98 valence electrons. The molecule has 2 N–H and O–H groups in total. The van der Waals surface area contributed by atoms with Gasteiger partial charge in [0, 0.05) is 11.0 Å². The van der Waals surface area contributed by atoms with Gasteiger partial charge < -0.3 is 10.6 Å². The molecule has 18 heavy (non-hydrogen) atoms. The fourth-order valence-corrected chi connectivity index (χ4v) is 2.44. The molecule has 1 fully saturated rings. The van der Waals surface area contributed by atoms with E-state index in [1.54, 1.807) is 0 Å². The maximum Gasteiger partial charge on any atom is 0.237 e. The Kier molecular flexibility index (Phi) is 5.20. The Balaban J connectivity index is 1.71. The van der Waals surface area contributed by atoms with Crippen LogP contribution in [0.15, 0.2) is 28.7 Å². The van der Waals surface area contributed by atoms with Crippen molar-refractivity contribution in [1.82, 2.24) is 10.6 Å². The first kappa shape index (κ1) is 13.6. The molecule has 0 bridgehead atoms. The highest BCUT2D eigenvalue weighted by Gasteiger charge is 2.19. The minimum absolute atomic E-state index is 0.0173. The number of amides is 1. The van der Waals surface area contributed by atoms with E-state index in [9.17, 15) is 4.79 Å². The minimum atomic E-state index is 0.0173. The average Bonchev–Trinajstić information content (AvgIpc) is 2.42. The molecule has 0 saturated carbocycles. The molecule has 3 nitrogen and oxygen atoms in total. The topological polar surface area (TPSA) is 41.1 Å². The minimum Gasteiger partial charge on any atom is -0.354 e. The SMILES string of the molecule is O=C(NCCc1ccc(Br)cc1)C1CCCCN1.